The number of pyridine rings is 1. The normalized spacial score (nSPS) is 15.0. The van der Waals surface area contributed by atoms with Crippen LogP contribution in [-0.4, -0.2) is 54.6 Å². The molecular weight excluding hydrogens is 418 g/mol. The zero-order chi connectivity index (χ0) is 23.0. The van der Waals surface area contributed by atoms with E-state index >= 15 is 0 Å². The number of carbonyl (C=O) groups is 1. The average molecular weight is 446 g/mol. The van der Waals surface area contributed by atoms with Crippen molar-refractivity contribution < 1.29 is 13.9 Å². The number of ether oxygens (including phenoxy) is 1. The Kier molecular flexibility index (Phi) is 7.22. The molecule has 3 heterocycles. The van der Waals surface area contributed by atoms with Gasteiger partial charge in [0.1, 0.15) is 23.9 Å². The lowest BCUT2D eigenvalue weighted by molar-refractivity contribution is 0.0896. The highest BCUT2D eigenvalue weighted by Gasteiger charge is 2.21. The number of piperazine rings is 1. The van der Waals surface area contributed by atoms with Gasteiger partial charge in [-0.2, -0.15) is 5.26 Å². The molecule has 1 aliphatic heterocycles. The first kappa shape index (κ1) is 22.4. The highest BCUT2D eigenvalue weighted by atomic mass is 16.5. The molecule has 33 heavy (non-hydrogen) atoms. The van der Waals surface area contributed by atoms with Gasteiger partial charge in [-0.05, 0) is 55.5 Å². The molecule has 2 aromatic heterocycles. The predicted octanol–water partition coefficient (Wildman–Crippen LogP) is 3.07. The van der Waals surface area contributed by atoms with E-state index in [0.717, 1.165) is 38.5 Å². The minimum Gasteiger partial charge on any atom is -0.486 e. The van der Waals surface area contributed by atoms with E-state index in [4.69, 9.17) is 14.4 Å². The maximum absolute atomic E-state index is 12.6. The summed E-state index contributed by atoms with van der Waals surface area (Å²) >= 11 is 0. The molecule has 1 aromatic carbocycles. The highest BCUT2D eigenvalue weighted by molar-refractivity contribution is 5.91. The van der Waals surface area contributed by atoms with Crippen LogP contribution in [0.25, 0.3) is 0 Å². The van der Waals surface area contributed by atoms with E-state index in [9.17, 15) is 4.79 Å². The van der Waals surface area contributed by atoms with Crippen LogP contribution in [0, 0.1) is 11.3 Å². The van der Waals surface area contributed by atoms with Gasteiger partial charge in [0.15, 0.2) is 5.76 Å². The fraction of sp³-hybridized carbons (Fsp3) is 0.320. The van der Waals surface area contributed by atoms with Crippen molar-refractivity contribution in [3.63, 3.8) is 0 Å². The Balaban J connectivity index is 1.21. The fourth-order valence-electron chi connectivity index (χ4n) is 3.79. The maximum Gasteiger partial charge on any atom is 0.287 e. The number of carbonyl (C=O) groups excluding carboxylic acids is 1. The second-order valence-electron chi connectivity index (χ2n) is 8.04. The summed E-state index contributed by atoms with van der Waals surface area (Å²) in [5, 5.41) is 11.9. The lowest BCUT2D eigenvalue weighted by Gasteiger charge is -2.36. The summed E-state index contributed by atoms with van der Waals surface area (Å²) in [5.74, 6) is 2.23. The highest BCUT2D eigenvalue weighted by Crippen LogP contribution is 2.16. The van der Waals surface area contributed by atoms with Gasteiger partial charge in [-0.15, -0.1) is 0 Å². The van der Waals surface area contributed by atoms with E-state index in [2.05, 4.69) is 26.2 Å². The number of anilines is 1. The number of hydrogen-bond donors (Lipinski definition) is 1. The molecule has 1 atom stereocenters. The number of aromatic nitrogens is 1. The SMILES string of the molecule is CC(CN1CCN(c2ccccn2)CC1)NC(=O)c1ccc(COc2ccc(C#N)cc2)o1. The number of benzene rings is 1. The van der Waals surface area contributed by atoms with Crippen LogP contribution in [0.5, 0.6) is 5.75 Å². The monoisotopic (exact) mass is 445 g/mol. The maximum atomic E-state index is 12.6. The van der Waals surface area contributed by atoms with Crippen LogP contribution in [-0.2, 0) is 6.61 Å². The second-order valence-corrected chi connectivity index (χ2v) is 8.04. The molecule has 8 nitrogen and oxygen atoms in total. The smallest absolute Gasteiger partial charge is 0.287 e. The van der Waals surface area contributed by atoms with Crippen LogP contribution >= 0.6 is 0 Å². The minimum atomic E-state index is -0.237. The van der Waals surface area contributed by atoms with Crippen molar-refractivity contribution in [2.45, 2.75) is 19.6 Å². The predicted molar refractivity (Wildman–Crippen MR) is 124 cm³/mol. The first-order valence-corrected chi connectivity index (χ1v) is 11.0. The van der Waals surface area contributed by atoms with E-state index in [1.807, 2.05) is 31.3 Å². The zero-order valence-corrected chi connectivity index (χ0v) is 18.6. The van der Waals surface area contributed by atoms with E-state index < -0.39 is 0 Å². The molecule has 0 bridgehead atoms. The van der Waals surface area contributed by atoms with Crippen LogP contribution in [0.2, 0.25) is 0 Å². The van der Waals surface area contributed by atoms with Gasteiger partial charge in [0.2, 0.25) is 0 Å². The lowest BCUT2D eigenvalue weighted by atomic mass is 10.2. The van der Waals surface area contributed by atoms with Crippen molar-refractivity contribution in [1.29, 1.82) is 5.26 Å². The first-order chi connectivity index (χ1) is 16.1. The molecule has 1 amide bonds. The third kappa shape index (κ3) is 6.11. The number of nitrogens with zero attached hydrogens (tertiary/aromatic N) is 4. The van der Waals surface area contributed by atoms with E-state index in [1.165, 1.54) is 0 Å². The largest absolute Gasteiger partial charge is 0.486 e. The van der Waals surface area contributed by atoms with Crippen molar-refractivity contribution in [1.82, 2.24) is 15.2 Å². The number of nitriles is 1. The first-order valence-electron chi connectivity index (χ1n) is 11.0. The molecule has 0 spiro atoms. The summed E-state index contributed by atoms with van der Waals surface area (Å²) in [6.07, 6.45) is 1.82. The summed E-state index contributed by atoms with van der Waals surface area (Å²) in [6.45, 7) is 6.66. The van der Waals surface area contributed by atoms with Crippen LogP contribution in [0.3, 0.4) is 0 Å². The van der Waals surface area contributed by atoms with Gasteiger partial charge in [-0.25, -0.2) is 4.98 Å². The topological polar surface area (TPSA) is 94.6 Å². The molecular formula is C25H27N5O3. The van der Waals surface area contributed by atoms with Crippen LogP contribution in [0.4, 0.5) is 5.82 Å². The van der Waals surface area contributed by atoms with Crippen molar-refractivity contribution in [3.05, 3.63) is 77.9 Å². The van der Waals surface area contributed by atoms with E-state index in [1.54, 1.807) is 36.4 Å². The number of amides is 1. The number of hydrogen-bond acceptors (Lipinski definition) is 7. The Bertz CT molecular complexity index is 1080. The third-order valence-electron chi connectivity index (χ3n) is 5.51. The second kappa shape index (κ2) is 10.7. The molecule has 0 saturated carbocycles. The Morgan fingerprint density at radius 1 is 1.15 bits per heavy atom. The third-order valence-corrected chi connectivity index (χ3v) is 5.51. The van der Waals surface area contributed by atoms with Gasteiger partial charge >= 0.3 is 0 Å². The molecule has 170 valence electrons. The summed E-state index contributed by atoms with van der Waals surface area (Å²) < 4.78 is 11.3. The van der Waals surface area contributed by atoms with Gasteiger partial charge in [-0.3, -0.25) is 9.69 Å². The molecule has 3 aromatic rings. The van der Waals surface area contributed by atoms with Gasteiger partial charge in [0.25, 0.3) is 5.91 Å². The van der Waals surface area contributed by atoms with Crippen LogP contribution in [0.15, 0.2) is 65.2 Å². The Morgan fingerprint density at radius 2 is 1.94 bits per heavy atom. The standard InChI is InChI=1S/C25H27N5O3/c1-19(17-29-12-14-30(15-13-29)24-4-2-3-11-27-24)28-25(31)23-10-9-22(33-23)18-32-21-7-5-20(16-26)6-8-21/h2-11,19H,12-15,17-18H2,1H3,(H,28,31). The average Bonchev–Trinajstić information content (AvgIpc) is 3.33. The summed E-state index contributed by atoms with van der Waals surface area (Å²) in [4.78, 5) is 21.6. The fourth-order valence-corrected chi connectivity index (χ4v) is 3.79. The molecule has 0 aliphatic carbocycles. The molecule has 4 rings (SSSR count). The summed E-state index contributed by atoms with van der Waals surface area (Å²) in [7, 11) is 0. The summed E-state index contributed by atoms with van der Waals surface area (Å²) in [6, 6.07) is 18.3. The summed E-state index contributed by atoms with van der Waals surface area (Å²) in [5.41, 5.74) is 0.573. The van der Waals surface area contributed by atoms with Crippen LogP contribution < -0.4 is 15.0 Å². The van der Waals surface area contributed by atoms with E-state index in [-0.39, 0.29) is 24.3 Å². The van der Waals surface area contributed by atoms with Gasteiger partial charge in [0, 0.05) is 45.0 Å². The molecule has 1 aliphatic rings. The molecule has 1 fully saturated rings. The van der Waals surface area contributed by atoms with Crippen molar-refractivity contribution in [2.24, 2.45) is 0 Å². The van der Waals surface area contributed by atoms with Gasteiger partial charge < -0.3 is 19.4 Å². The minimum absolute atomic E-state index is 0.0117. The lowest BCUT2D eigenvalue weighted by Crippen LogP contribution is -2.51. The number of nitrogens with one attached hydrogen (secondary N) is 1. The number of furan rings is 1. The Hall–Kier alpha value is -3.83. The van der Waals surface area contributed by atoms with E-state index in [0.29, 0.717) is 17.1 Å². The Labute approximate surface area is 193 Å². The molecule has 1 unspecified atom stereocenters. The van der Waals surface area contributed by atoms with Crippen molar-refractivity contribution in [3.8, 4) is 11.8 Å². The molecule has 0 radical (unpaired) electrons. The van der Waals surface area contributed by atoms with Gasteiger partial charge in [0.05, 0.1) is 11.6 Å². The van der Waals surface area contributed by atoms with Crippen molar-refractivity contribution >= 4 is 11.7 Å². The number of rotatable bonds is 8. The molecule has 1 saturated heterocycles. The van der Waals surface area contributed by atoms with Gasteiger partial charge in [-0.1, -0.05) is 6.07 Å². The van der Waals surface area contributed by atoms with Crippen molar-refractivity contribution in [2.75, 3.05) is 37.6 Å². The quantitative estimate of drug-likeness (QED) is 0.569. The Morgan fingerprint density at radius 3 is 2.64 bits per heavy atom. The van der Waals surface area contributed by atoms with Crippen LogP contribution in [0.1, 0.15) is 28.8 Å². The zero-order valence-electron chi connectivity index (χ0n) is 18.6. The molecule has 8 heteroatoms. The molecule has 1 N–H and O–H groups in total.